The minimum atomic E-state index is -2.71. The molecule has 118 heavy (non-hydrogen) atoms. The molecule has 0 spiro atoms. The quantitative estimate of drug-likeness (QED) is 0.0305. The van der Waals surface area contributed by atoms with Crippen LogP contribution in [-0.4, -0.2) is 346 Å². The van der Waals surface area contributed by atoms with Gasteiger partial charge in [-0.25, -0.2) is 64.1 Å². The number of carboxylic acids is 1. The Morgan fingerprint density at radius 1 is 0.636 bits per heavy atom. The highest BCUT2D eigenvalue weighted by molar-refractivity contribution is 9.10. The van der Waals surface area contributed by atoms with Crippen LogP contribution in [0.2, 0.25) is 0 Å². The van der Waals surface area contributed by atoms with E-state index in [1.165, 1.54) is 25.1 Å². The van der Waals surface area contributed by atoms with Gasteiger partial charge in [-0.15, -0.1) is 0 Å². The molecule has 0 aliphatic carbocycles. The average Bonchev–Trinajstić information content (AvgIpc) is 1.60. The van der Waals surface area contributed by atoms with Gasteiger partial charge >= 0.3 is 0 Å². The highest BCUT2D eigenvalue weighted by atomic mass is 79.9. The molecule has 20 unspecified atom stereocenters. The minimum absolute atomic E-state index is 0.276. The topological polar surface area (TPSA) is 719 Å². The number of ether oxygens (including phenoxy) is 1. The number of halogens is 1. The van der Waals surface area contributed by atoms with E-state index in [2.05, 4.69) is 75.8 Å². The van der Waals surface area contributed by atoms with Crippen LogP contribution in [0.25, 0.3) is 6.08 Å². The maximum atomic E-state index is 12.6. The number of carboxylic acid groups (broad SMARTS) is 1. The number of hydrogen-bond acceptors (Lipinski definition) is 26. The summed E-state index contributed by atoms with van der Waals surface area (Å²) < 4.78 is 8.44. The van der Waals surface area contributed by atoms with Crippen molar-refractivity contribution in [2.24, 2.45) is 59.9 Å². The molecular formula is C75H97BrN16O26. The summed E-state index contributed by atoms with van der Waals surface area (Å²) in [5, 5.41) is 294. The summed E-state index contributed by atoms with van der Waals surface area (Å²) in [6.45, 7) is -1.21. The van der Waals surface area contributed by atoms with E-state index in [0.717, 1.165) is 34.1 Å². The number of aliphatic carboxylic acids is 1. The predicted octanol–water partition coefficient (Wildman–Crippen LogP) is 1.18. The second kappa shape index (κ2) is 44.2. The normalized spacial score (nSPS) is 28.0. The Labute approximate surface area is 681 Å². The second-order valence-electron chi connectivity index (χ2n) is 27.7. The molecule has 3 aromatic carbocycles. The number of aliphatic hydroxyl groups excluding tert-OH is 23. The molecule has 1 saturated heterocycles. The molecule has 0 amide bonds. The maximum absolute atomic E-state index is 12.6. The van der Waals surface area contributed by atoms with Crippen molar-refractivity contribution < 1.29 is 137 Å². The summed E-state index contributed by atoms with van der Waals surface area (Å²) in [5.74, 6) is -20.9. The van der Waals surface area contributed by atoms with Gasteiger partial charge in [-0.1, -0.05) is 119 Å². The Morgan fingerprint density at radius 3 is 1.84 bits per heavy atom. The van der Waals surface area contributed by atoms with E-state index in [9.17, 15) is 127 Å². The molecule has 1 aromatic heterocycles. The summed E-state index contributed by atoms with van der Waals surface area (Å²) in [6, 6.07) is 0.113. The third-order valence-electron chi connectivity index (χ3n) is 18.5. The number of nitrogens with one attached hydrogen (secondary N) is 2. The summed E-state index contributed by atoms with van der Waals surface area (Å²) in [5.41, 5.74) is 1.57. The molecular weight excluding hydrogens is 1620 g/mol. The number of nitrogens with zero attached hydrogens (tertiary/aromatic N) is 14. The van der Waals surface area contributed by atoms with Crippen LogP contribution in [-0.2, 0) is 28.9 Å². The first-order valence-corrected chi connectivity index (χ1v) is 37.5. The first-order chi connectivity index (χ1) is 55.9. The van der Waals surface area contributed by atoms with E-state index in [1.807, 2.05) is 0 Å². The van der Waals surface area contributed by atoms with Crippen molar-refractivity contribution in [3.63, 3.8) is 0 Å². The molecule has 1 fully saturated rings. The molecule has 0 radical (unpaired) electrons. The molecule has 25 N–H and O–H groups in total. The summed E-state index contributed by atoms with van der Waals surface area (Å²) in [4.78, 5) is 61.4. The number of rotatable bonds is 17. The van der Waals surface area contributed by atoms with Crippen LogP contribution >= 0.6 is 15.9 Å². The molecule has 42 nitrogen and oxygen atoms in total. The van der Waals surface area contributed by atoms with Crippen LogP contribution in [0.1, 0.15) is 87.4 Å². The number of benzene rings is 3. The van der Waals surface area contributed by atoms with Crippen LogP contribution in [0.4, 0.5) is 0 Å². The SMILES string of the molecule is CC(C=Cc1ccccc1)=CC(O)C1CC(O)=NC(CO)C(O)=NC2C[n+]3cc(n(C4OCC(O)C(O)C4O)c3)CC(N=C(O)CCCC(C(=O)[O-])N=C(O)C(O)CN=C(O)C(C(C)c3ccc(Br)cc3)N=C(O)C(C(O)C(=N)O)N=C(O)C(CC(=N)O)N=C2O)C(O)=NC(C(C)O)C(O)=NC(CO)C(O)=NC(Cc2ccccc2)C(O)=N1. The zero-order valence-electron chi connectivity index (χ0n) is 63.7. The molecule has 20 atom stereocenters. The Morgan fingerprint density at radius 2 is 1.21 bits per heavy atom. The monoisotopic (exact) mass is 1720 g/mol. The Kier molecular flexibility index (Phi) is 35.0. The van der Waals surface area contributed by atoms with Gasteiger partial charge in [0.2, 0.25) is 77.4 Å². The number of aliphatic imine (C=N–C) groups is 12. The van der Waals surface area contributed by atoms with Crippen LogP contribution in [0.5, 0.6) is 0 Å². The van der Waals surface area contributed by atoms with E-state index in [0.29, 0.717) is 21.2 Å². The number of aliphatic hydroxyl groups is 23. The van der Waals surface area contributed by atoms with Gasteiger partial charge < -0.3 is 132 Å². The number of carbonyl (C=O) groups excluding carboxylic acids is 1. The lowest BCUT2D eigenvalue weighted by Gasteiger charge is -2.33. The zero-order chi connectivity index (χ0) is 86.9. The fraction of sp³-hybridized carbons (Fsp3) is 0.467. The van der Waals surface area contributed by atoms with E-state index in [4.69, 9.17) is 15.6 Å². The smallest absolute Gasteiger partial charge is 0.246 e. The largest absolute Gasteiger partial charge is 0.548 e. The molecule has 7 rings (SSSR count). The van der Waals surface area contributed by atoms with Gasteiger partial charge in [-0.05, 0) is 55.5 Å². The molecule has 3 aliphatic rings. The Hall–Kier alpha value is -11.5. The molecule has 640 valence electrons. The minimum Gasteiger partial charge on any atom is -0.548 e. The predicted molar refractivity (Wildman–Crippen MR) is 433 cm³/mol. The molecule has 4 bridgehead atoms. The van der Waals surface area contributed by atoms with Crippen molar-refractivity contribution >= 4 is 111 Å². The third-order valence-corrected chi connectivity index (χ3v) is 19.1. The van der Waals surface area contributed by atoms with Crippen molar-refractivity contribution in [1.29, 1.82) is 10.8 Å². The third kappa shape index (κ3) is 27.0. The fourth-order valence-corrected chi connectivity index (χ4v) is 12.3. The van der Waals surface area contributed by atoms with Gasteiger partial charge in [0.25, 0.3) is 0 Å². The molecule has 0 saturated carbocycles. The lowest BCUT2D eigenvalue weighted by Crippen LogP contribution is -2.51. The number of imidazole rings is 1. The zero-order valence-corrected chi connectivity index (χ0v) is 65.2. The van der Waals surface area contributed by atoms with Crippen molar-refractivity contribution in [2.45, 2.75) is 194 Å². The number of fused-ring (bicyclic) bond motifs is 2. The van der Waals surface area contributed by atoms with Gasteiger partial charge in [0.05, 0.1) is 63.0 Å². The second-order valence-corrected chi connectivity index (χ2v) is 28.6. The highest BCUT2D eigenvalue weighted by Crippen LogP contribution is 2.29. The Bertz CT molecular complexity index is 4540. The van der Waals surface area contributed by atoms with Crippen LogP contribution in [0.3, 0.4) is 0 Å². The van der Waals surface area contributed by atoms with Crippen LogP contribution in [0, 0.1) is 10.8 Å². The van der Waals surface area contributed by atoms with Crippen molar-refractivity contribution in [3.8, 4) is 0 Å². The average molecular weight is 1720 g/mol. The van der Waals surface area contributed by atoms with Gasteiger partial charge in [0.1, 0.15) is 67.0 Å². The van der Waals surface area contributed by atoms with Gasteiger partial charge in [0, 0.05) is 36.1 Å². The standard InChI is InChI=1S/C75H97BrN16O26/c1-35(17-18-38-11-6-4-7-12-38)23-51(96)44-27-56(101)81-49(31-93)68(110)86-48-30-91-29-42(92(34-91)74-62(104)60(102)53(98)33-118-74)25-46(65(107)89-58(37(3)95)72(114)87-50(32-94)69(111)84-45(64(106)83-44)24-39-13-8-5-9-14-39)80-55(100)16-10-15-43(75(116)117)82-70(112)52(97)28-79-71(113)57(36(2)40-19-21-41(76)22-20-40)88-73(115)59(61(103)63(78)105)90-66(108)47(26-54(77)99)85-67(48)109/h4-9,11-14,17-23,29,34,36-37,43-53,57-62,74,93-98,102-104H,10,15-16,24-28,30-33H2,1-3H3,(H16-,77,78,79,80,81,82,83,84,85,86,87,88,89,90,99,100,101,105,106,107,108,109,110,111,112,113,114,115,116,117). The summed E-state index contributed by atoms with van der Waals surface area (Å²) in [6.07, 6.45) is -14.8. The van der Waals surface area contributed by atoms with E-state index in [1.54, 1.807) is 91.9 Å². The van der Waals surface area contributed by atoms with Gasteiger partial charge in [-0.3, -0.25) is 15.8 Å². The fourth-order valence-electron chi connectivity index (χ4n) is 12.1. The molecule has 3 aliphatic heterocycles. The van der Waals surface area contributed by atoms with Crippen molar-refractivity contribution in [3.05, 3.63) is 142 Å². The number of carbonyl (C=O) groups is 1. The molecule has 4 aromatic rings. The maximum Gasteiger partial charge on any atom is 0.246 e. The van der Waals surface area contributed by atoms with Gasteiger partial charge in [-0.2, -0.15) is 0 Å². The first kappa shape index (κ1) is 93.6. The van der Waals surface area contributed by atoms with Crippen molar-refractivity contribution in [1.82, 2.24) is 4.57 Å². The van der Waals surface area contributed by atoms with Crippen molar-refractivity contribution in [2.75, 3.05) is 26.4 Å². The lowest BCUT2D eigenvalue weighted by molar-refractivity contribution is -0.696. The van der Waals surface area contributed by atoms with Crippen LogP contribution in [0.15, 0.2) is 180 Å². The van der Waals surface area contributed by atoms with E-state index >= 15 is 0 Å². The molecule has 43 heteroatoms. The number of allylic oxidation sites excluding steroid dienone is 2. The summed E-state index contributed by atoms with van der Waals surface area (Å²) in [7, 11) is 0. The van der Waals surface area contributed by atoms with E-state index in [-0.39, 0.29) is 12.1 Å². The first-order valence-electron chi connectivity index (χ1n) is 36.7. The highest BCUT2D eigenvalue weighted by Gasteiger charge is 2.44. The van der Waals surface area contributed by atoms with Crippen LogP contribution < -0.4 is 9.67 Å². The Balaban J connectivity index is 1.58. The van der Waals surface area contributed by atoms with Gasteiger partial charge in [0.15, 0.2) is 54.0 Å². The number of aromatic nitrogens is 2. The number of hydrogen-bond donors (Lipinski definition) is 25. The lowest BCUT2D eigenvalue weighted by atomic mass is 9.93. The summed E-state index contributed by atoms with van der Waals surface area (Å²) >= 11 is 3.31. The van der Waals surface area contributed by atoms with E-state index < -0.39 is 281 Å². The molecule has 4 heterocycles.